The highest BCUT2D eigenvalue weighted by Crippen LogP contribution is 2.40. The standard InChI is InChI=1S/C24H23NO4S/c1-4-29-24(27)22-21(18-11-13-19(28-3)14-12-18)16(2)30-23(22)25-20(26)15-10-17-8-6-5-7-9-17/h5-15H,4H2,1-3H3,(H,25,26). The van der Waals surface area contributed by atoms with Gasteiger partial charge in [-0.25, -0.2) is 4.79 Å². The van der Waals surface area contributed by atoms with E-state index in [4.69, 9.17) is 9.47 Å². The Morgan fingerprint density at radius 1 is 1.07 bits per heavy atom. The molecule has 1 aromatic heterocycles. The summed E-state index contributed by atoms with van der Waals surface area (Å²) in [6.07, 6.45) is 3.18. The lowest BCUT2D eigenvalue weighted by atomic mass is 10.0. The number of rotatable bonds is 7. The van der Waals surface area contributed by atoms with Gasteiger partial charge >= 0.3 is 5.97 Å². The predicted octanol–water partition coefficient (Wildman–Crippen LogP) is 5.56. The molecule has 30 heavy (non-hydrogen) atoms. The van der Waals surface area contributed by atoms with Crippen molar-refractivity contribution in [3.8, 4) is 16.9 Å². The molecule has 0 saturated heterocycles. The summed E-state index contributed by atoms with van der Waals surface area (Å²) in [7, 11) is 1.60. The van der Waals surface area contributed by atoms with Crippen molar-refractivity contribution < 1.29 is 19.1 Å². The maximum Gasteiger partial charge on any atom is 0.341 e. The van der Waals surface area contributed by atoms with E-state index in [1.54, 1.807) is 20.1 Å². The molecule has 6 heteroatoms. The second-order valence-corrected chi connectivity index (χ2v) is 7.64. The van der Waals surface area contributed by atoms with Crippen LogP contribution in [0.2, 0.25) is 0 Å². The van der Waals surface area contributed by atoms with Crippen LogP contribution in [0.25, 0.3) is 17.2 Å². The maximum absolute atomic E-state index is 12.7. The average Bonchev–Trinajstić information content (AvgIpc) is 3.08. The zero-order valence-corrected chi connectivity index (χ0v) is 17.9. The SMILES string of the molecule is CCOC(=O)c1c(NC(=O)C=Cc2ccccc2)sc(C)c1-c1ccc(OC)cc1. The van der Waals surface area contributed by atoms with Crippen LogP contribution in [0.1, 0.15) is 27.7 Å². The first kappa shape index (κ1) is 21.3. The third-order valence-corrected chi connectivity index (χ3v) is 5.43. The Balaban J connectivity index is 1.94. The first-order valence-electron chi connectivity index (χ1n) is 9.52. The van der Waals surface area contributed by atoms with Crippen molar-refractivity contribution in [2.75, 3.05) is 19.0 Å². The summed E-state index contributed by atoms with van der Waals surface area (Å²) >= 11 is 1.35. The second kappa shape index (κ2) is 9.89. The highest BCUT2D eigenvalue weighted by molar-refractivity contribution is 7.17. The van der Waals surface area contributed by atoms with Gasteiger partial charge in [0.1, 0.15) is 16.3 Å². The fourth-order valence-corrected chi connectivity index (χ4v) is 4.09. The molecule has 0 aliphatic heterocycles. The zero-order valence-electron chi connectivity index (χ0n) is 17.1. The van der Waals surface area contributed by atoms with E-state index in [-0.39, 0.29) is 12.5 Å². The van der Waals surface area contributed by atoms with Crippen molar-refractivity contribution in [1.82, 2.24) is 0 Å². The van der Waals surface area contributed by atoms with Crippen molar-refractivity contribution in [2.45, 2.75) is 13.8 Å². The van der Waals surface area contributed by atoms with Gasteiger partial charge in [-0.05, 0) is 43.2 Å². The van der Waals surface area contributed by atoms with E-state index in [1.807, 2.05) is 61.5 Å². The van der Waals surface area contributed by atoms with Crippen LogP contribution in [0.3, 0.4) is 0 Å². The van der Waals surface area contributed by atoms with Crippen LogP contribution in [-0.4, -0.2) is 25.6 Å². The molecule has 0 radical (unpaired) electrons. The number of methoxy groups -OCH3 is 1. The lowest BCUT2D eigenvalue weighted by molar-refractivity contribution is -0.111. The monoisotopic (exact) mass is 421 g/mol. The molecule has 5 nitrogen and oxygen atoms in total. The Kier molecular flexibility index (Phi) is 7.03. The highest BCUT2D eigenvalue weighted by atomic mass is 32.1. The van der Waals surface area contributed by atoms with Gasteiger partial charge in [0.15, 0.2) is 0 Å². The molecule has 0 fully saturated rings. The minimum absolute atomic E-state index is 0.247. The van der Waals surface area contributed by atoms with E-state index in [1.165, 1.54) is 17.4 Å². The number of carbonyl (C=O) groups is 2. The van der Waals surface area contributed by atoms with E-state index in [0.29, 0.717) is 10.6 Å². The van der Waals surface area contributed by atoms with Crippen LogP contribution >= 0.6 is 11.3 Å². The van der Waals surface area contributed by atoms with Crippen LogP contribution in [0.5, 0.6) is 5.75 Å². The Morgan fingerprint density at radius 2 is 1.77 bits per heavy atom. The van der Waals surface area contributed by atoms with Crippen LogP contribution < -0.4 is 10.1 Å². The summed E-state index contributed by atoms with van der Waals surface area (Å²) in [6, 6.07) is 17.0. The summed E-state index contributed by atoms with van der Waals surface area (Å²) in [4.78, 5) is 26.2. The number of hydrogen-bond acceptors (Lipinski definition) is 5. The van der Waals surface area contributed by atoms with Gasteiger partial charge in [-0.3, -0.25) is 4.79 Å². The van der Waals surface area contributed by atoms with Gasteiger partial charge in [0.05, 0.1) is 13.7 Å². The summed E-state index contributed by atoms with van der Waals surface area (Å²) in [5, 5.41) is 3.31. The number of thiophene rings is 1. The molecule has 0 atom stereocenters. The number of amides is 1. The van der Waals surface area contributed by atoms with Crippen LogP contribution in [0.4, 0.5) is 5.00 Å². The zero-order chi connectivity index (χ0) is 21.5. The topological polar surface area (TPSA) is 64.6 Å². The van der Waals surface area contributed by atoms with Gasteiger partial charge in [-0.1, -0.05) is 42.5 Å². The molecule has 2 aromatic carbocycles. The number of nitrogens with one attached hydrogen (secondary N) is 1. The van der Waals surface area contributed by atoms with Crippen molar-refractivity contribution in [3.05, 3.63) is 76.7 Å². The first-order valence-corrected chi connectivity index (χ1v) is 10.3. The van der Waals surface area contributed by atoms with Crippen LogP contribution in [0.15, 0.2) is 60.7 Å². The lowest BCUT2D eigenvalue weighted by Gasteiger charge is -2.09. The fourth-order valence-electron chi connectivity index (χ4n) is 3.03. The third-order valence-electron chi connectivity index (χ3n) is 4.41. The van der Waals surface area contributed by atoms with E-state index < -0.39 is 5.97 Å². The number of aryl methyl sites for hydroxylation is 1. The van der Waals surface area contributed by atoms with Gasteiger partial charge in [0.25, 0.3) is 0 Å². The number of benzene rings is 2. The fraction of sp³-hybridized carbons (Fsp3) is 0.167. The average molecular weight is 422 g/mol. The van der Waals surface area contributed by atoms with E-state index in [2.05, 4.69) is 5.32 Å². The summed E-state index contributed by atoms with van der Waals surface area (Å²) < 4.78 is 10.5. The molecule has 3 rings (SSSR count). The first-order chi connectivity index (χ1) is 14.5. The summed E-state index contributed by atoms with van der Waals surface area (Å²) in [6.45, 7) is 3.92. The summed E-state index contributed by atoms with van der Waals surface area (Å²) in [5.41, 5.74) is 2.89. The van der Waals surface area contributed by atoms with Crippen molar-refractivity contribution >= 4 is 34.3 Å². The van der Waals surface area contributed by atoms with Crippen molar-refractivity contribution in [3.63, 3.8) is 0 Å². The molecule has 1 heterocycles. The van der Waals surface area contributed by atoms with Gasteiger partial charge in [-0.15, -0.1) is 11.3 Å². The number of hydrogen-bond donors (Lipinski definition) is 1. The molecule has 1 amide bonds. The molecular formula is C24H23NO4S. The molecular weight excluding hydrogens is 398 g/mol. The Hall–Kier alpha value is -3.38. The summed E-state index contributed by atoms with van der Waals surface area (Å²) in [5.74, 6) is -0.0502. The van der Waals surface area contributed by atoms with Crippen molar-refractivity contribution in [1.29, 1.82) is 0 Å². The minimum Gasteiger partial charge on any atom is -0.497 e. The molecule has 0 aliphatic rings. The normalized spacial score (nSPS) is 10.8. The number of anilines is 1. The van der Waals surface area contributed by atoms with Crippen molar-refractivity contribution in [2.24, 2.45) is 0 Å². The van der Waals surface area contributed by atoms with Gasteiger partial charge in [-0.2, -0.15) is 0 Å². The quantitative estimate of drug-likeness (QED) is 0.401. The molecule has 154 valence electrons. The maximum atomic E-state index is 12.7. The number of carbonyl (C=O) groups excluding carboxylic acids is 2. The number of esters is 1. The smallest absolute Gasteiger partial charge is 0.341 e. The lowest BCUT2D eigenvalue weighted by Crippen LogP contribution is -2.12. The minimum atomic E-state index is -0.463. The number of ether oxygens (including phenoxy) is 2. The molecule has 3 aromatic rings. The second-order valence-electron chi connectivity index (χ2n) is 6.42. The van der Waals surface area contributed by atoms with Gasteiger partial charge < -0.3 is 14.8 Å². The van der Waals surface area contributed by atoms with Crippen LogP contribution in [0, 0.1) is 6.92 Å². The van der Waals surface area contributed by atoms with Crippen LogP contribution in [-0.2, 0) is 9.53 Å². The van der Waals surface area contributed by atoms with Gasteiger partial charge in [0, 0.05) is 16.5 Å². The Bertz CT molecular complexity index is 1050. The van der Waals surface area contributed by atoms with Gasteiger partial charge in [0.2, 0.25) is 5.91 Å². The predicted molar refractivity (Wildman–Crippen MR) is 121 cm³/mol. The molecule has 0 bridgehead atoms. The molecule has 1 N–H and O–H groups in total. The molecule has 0 aliphatic carbocycles. The van der Waals surface area contributed by atoms with E-state index >= 15 is 0 Å². The largest absolute Gasteiger partial charge is 0.497 e. The van der Waals surface area contributed by atoms with E-state index in [0.717, 1.165) is 27.3 Å². The highest BCUT2D eigenvalue weighted by Gasteiger charge is 2.25. The third kappa shape index (κ3) is 4.96. The Labute approximate surface area is 180 Å². The van der Waals surface area contributed by atoms with E-state index in [9.17, 15) is 9.59 Å². The molecule has 0 spiro atoms. The molecule has 0 saturated carbocycles. The molecule has 0 unspecified atom stereocenters. The Morgan fingerprint density at radius 3 is 2.40 bits per heavy atom.